The summed E-state index contributed by atoms with van der Waals surface area (Å²) in [6.07, 6.45) is 0. The van der Waals surface area contributed by atoms with Crippen molar-refractivity contribution < 1.29 is 19.4 Å². The molecule has 0 aliphatic carbocycles. The summed E-state index contributed by atoms with van der Waals surface area (Å²) < 4.78 is 7.46. The van der Waals surface area contributed by atoms with Crippen molar-refractivity contribution in [3.63, 3.8) is 0 Å². The van der Waals surface area contributed by atoms with E-state index in [1.165, 1.54) is 19.1 Å². The molecular weight excluding hydrogens is 442 g/mol. The van der Waals surface area contributed by atoms with E-state index in [1.807, 2.05) is 12.1 Å². The summed E-state index contributed by atoms with van der Waals surface area (Å²) in [7, 11) is 0. The van der Waals surface area contributed by atoms with Gasteiger partial charge in [0.25, 0.3) is 0 Å². The SMILES string of the molecule is CC(=O)CN(COc1ccc(Br)cc1Br)c1cccc(C(=O)O)c1. The van der Waals surface area contributed by atoms with Crippen molar-refractivity contribution in [1.29, 1.82) is 0 Å². The van der Waals surface area contributed by atoms with E-state index in [0.29, 0.717) is 11.4 Å². The fourth-order valence-electron chi connectivity index (χ4n) is 2.06. The number of hydrogen-bond donors (Lipinski definition) is 1. The Balaban J connectivity index is 2.20. The van der Waals surface area contributed by atoms with Crippen LogP contribution in [0.4, 0.5) is 5.69 Å². The zero-order valence-corrected chi connectivity index (χ0v) is 16.0. The highest BCUT2D eigenvalue weighted by Gasteiger charge is 2.13. The molecule has 2 aromatic rings. The van der Waals surface area contributed by atoms with Gasteiger partial charge >= 0.3 is 5.97 Å². The van der Waals surface area contributed by atoms with Crippen molar-refractivity contribution in [2.75, 3.05) is 18.2 Å². The Morgan fingerprint density at radius 2 is 1.92 bits per heavy atom. The van der Waals surface area contributed by atoms with Crippen LogP contribution < -0.4 is 9.64 Å². The minimum atomic E-state index is -1.02. The second-order valence-corrected chi connectivity index (χ2v) is 6.87. The van der Waals surface area contributed by atoms with Crippen molar-refractivity contribution in [1.82, 2.24) is 0 Å². The maximum atomic E-state index is 11.5. The number of anilines is 1. The van der Waals surface area contributed by atoms with Crippen LogP contribution in [0.1, 0.15) is 17.3 Å². The number of carboxylic acids is 1. The van der Waals surface area contributed by atoms with Gasteiger partial charge in [0, 0.05) is 10.2 Å². The molecule has 0 radical (unpaired) electrons. The molecule has 0 aliphatic rings. The van der Waals surface area contributed by atoms with Crippen LogP contribution in [-0.2, 0) is 4.79 Å². The molecule has 1 N–H and O–H groups in total. The molecule has 0 spiro atoms. The fourth-order valence-corrected chi connectivity index (χ4v) is 3.22. The van der Waals surface area contributed by atoms with Crippen molar-refractivity contribution in [3.05, 3.63) is 57.0 Å². The van der Waals surface area contributed by atoms with Crippen LogP contribution >= 0.6 is 31.9 Å². The highest BCUT2D eigenvalue weighted by molar-refractivity contribution is 9.11. The Bertz CT molecular complexity index is 764. The Kier molecular flexibility index (Phi) is 6.39. The third-order valence-corrected chi connectivity index (χ3v) is 4.25. The number of benzene rings is 2. The first-order chi connectivity index (χ1) is 11.4. The number of ether oxygens (including phenoxy) is 1. The van der Waals surface area contributed by atoms with E-state index in [4.69, 9.17) is 9.84 Å². The summed E-state index contributed by atoms with van der Waals surface area (Å²) >= 11 is 6.79. The zero-order valence-electron chi connectivity index (χ0n) is 12.8. The molecule has 0 aliphatic heterocycles. The average molecular weight is 457 g/mol. The quantitative estimate of drug-likeness (QED) is 0.627. The van der Waals surface area contributed by atoms with Crippen LogP contribution in [0.25, 0.3) is 0 Å². The number of aromatic carboxylic acids is 1. The lowest BCUT2D eigenvalue weighted by atomic mass is 10.2. The molecule has 7 heteroatoms. The van der Waals surface area contributed by atoms with Gasteiger partial charge in [-0.15, -0.1) is 0 Å². The monoisotopic (exact) mass is 455 g/mol. The van der Waals surface area contributed by atoms with Gasteiger partial charge in [0.1, 0.15) is 11.5 Å². The Labute approximate surface area is 156 Å². The number of carbonyl (C=O) groups is 2. The minimum Gasteiger partial charge on any atom is -0.478 e. The van der Waals surface area contributed by atoms with E-state index in [1.54, 1.807) is 23.1 Å². The van der Waals surface area contributed by atoms with Gasteiger partial charge in [-0.1, -0.05) is 22.0 Å². The van der Waals surface area contributed by atoms with Crippen molar-refractivity contribution in [3.8, 4) is 5.75 Å². The first-order valence-electron chi connectivity index (χ1n) is 7.02. The largest absolute Gasteiger partial charge is 0.478 e. The van der Waals surface area contributed by atoms with Crippen LogP contribution in [0, 0.1) is 0 Å². The van der Waals surface area contributed by atoms with Crippen LogP contribution in [0.15, 0.2) is 51.4 Å². The van der Waals surface area contributed by atoms with Crippen LogP contribution in [-0.4, -0.2) is 30.1 Å². The molecule has 0 bridgehead atoms. The van der Waals surface area contributed by atoms with Crippen LogP contribution in [0.2, 0.25) is 0 Å². The normalized spacial score (nSPS) is 10.3. The van der Waals surface area contributed by atoms with Crippen molar-refractivity contribution >= 4 is 49.3 Å². The van der Waals surface area contributed by atoms with Gasteiger partial charge in [-0.3, -0.25) is 4.79 Å². The van der Waals surface area contributed by atoms with E-state index in [2.05, 4.69) is 31.9 Å². The molecule has 2 rings (SSSR count). The van der Waals surface area contributed by atoms with Gasteiger partial charge in [-0.05, 0) is 59.3 Å². The topological polar surface area (TPSA) is 66.8 Å². The summed E-state index contributed by atoms with van der Waals surface area (Å²) in [5, 5.41) is 9.12. The van der Waals surface area contributed by atoms with Crippen LogP contribution in [0.5, 0.6) is 5.75 Å². The van der Waals surface area contributed by atoms with E-state index in [-0.39, 0.29) is 24.6 Å². The summed E-state index contributed by atoms with van der Waals surface area (Å²) in [5.41, 5.74) is 0.768. The van der Waals surface area contributed by atoms with E-state index in [0.717, 1.165) is 8.95 Å². The second kappa shape index (κ2) is 8.30. The molecule has 0 saturated heterocycles. The van der Waals surface area contributed by atoms with Gasteiger partial charge in [0.2, 0.25) is 0 Å². The van der Waals surface area contributed by atoms with E-state index in [9.17, 15) is 9.59 Å². The van der Waals surface area contributed by atoms with E-state index < -0.39 is 5.97 Å². The van der Waals surface area contributed by atoms with Crippen LogP contribution in [0.3, 0.4) is 0 Å². The molecule has 0 aromatic heterocycles. The molecule has 0 saturated carbocycles. The second-order valence-electron chi connectivity index (χ2n) is 5.10. The number of rotatable bonds is 7. The highest BCUT2D eigenvalue weighted by Crippen LogP contribution is 2.28. The number of Topliss-reactive ketones (excluding diaryl/α,β-unsaturated/α-hetero) is 1. The number of carbonyl (C=O) groups excluding carboxylic acids is 1. The standard InChI is InChI=1S/C17H15Br2NO4/c1-11(21)9-20(14-4-2-3-12(7-14)17(22)23)10-24-16-6-5-13(18)8-15(16)19/h2-8H,9-10H2,1H3,(H,22,23). The van der Waals surface area contributed by atoms with Crippen molar-refractivity contribution in [2.45, 2.75) is 6.92 Å². The molecule has 2 aromatic carbocycles. The van der Waals surface area contributed by atoms with E-state index >= 15 is 0 Å². The Hall–Kier alpha value is -1.86. The third-order valence-electron chi connectivity index (χ3n) is 3.14. The maximum Gasteiger partial charge on any atom is 0.335 e. The number of nitrogens with zero attached hydrogens (tertiary/aromatic N) is 1. The Morgan fingerprint density at radius 3 is 2.54 bits per heavy atom. The summed E-state index contributed by atoms with van der Waals surface area (Å²) in [6, 6.07) is 11.9. The van der Waals surface area contributed by atoms with Gasteiger partial charge in [-0.25, -0.2) is 4.79 Å². The minimum absolute atomic E-state index is 0.0470. The molecule has 0 atom stereocenters. The molecule has 5 nitrogen and oxygen atoms in total. The maximum absolute atomic E-state index is 11.5. The average Bonchev–Trinajstić information content (AvgIpc) is 2.52. The first kappa shape index (κ1) is 18.5. The summed E-state index contributed by atoms with van der Waals surface area (Å²) in [4.78, 5) is 24.4. The van der Waals surface area contributed by atoms with Gasteiger partial charge < -0.3 is 14.7 Å². The molecular formula is C17H15Br2NO4. The molecule has 0 fully saturated rings. The predicted molar refractivity (Wildman–Crippen MR) is 98.8 cm³/mol. The molecule has 24 heavy (non-hydrogen) atoms. The lowest BCUT2D eigenvalue weighted by molar-refractivity contribution is -0.115. The third kappa shape index (κ3) is 5.07. The molecule has 126 valence electrons. The molecule has 0 heterocycles. The highest BCUT2D eigenvalue weighted by atomic mass is 79.9. The zero-order chi connectivity index (χ0) is 17.7. The lowest BCUT2D eigenvalue weighted by Gasteiger charge is -2.24. The number of carboxylic acid groups (broad SMARTS) is 1. The Morgan fingerprint density at radius 1 is 1.17 bits per heavy atom. The number of ketones is 1. The fraction of sp³-hybridized carbons (Fsp3) is 0.176. The summed E-state index contributed by atoms with van der Waals surface area (Å²) in [5.74, 6) is -0.438. The predicted octanol–water partition coefficient (Wildman–Crippen LogP) is 4.34. The van der Waals surface area contributed by atoms with Gasteiger partial charge in [-0.2, -0.15) is 0 Å². The van der Waals surface area contributed by atoms with Crippen molar-refractivity contribution in [2.24, 2.45) is 0 Å². The number of hydrogen-bond acceptors (Lipinski definition) is 4. The lowest BCUT2D eigenvalue weighted by Crippen LogP contribution is -2.32. The molecule has 0 unspecified atom stereocenters. The first-order valence-corrected chi connectivity index (χ1v) is 8.61. The molecule has 0 amide bonds. The van der Waals surface area contributed by atoms with Gasteiger partial charge in [0.05, 0.1) is 16.6 Å². The summed E-state index contributed by atoms with van der Waals surface area (Å²) in [6.45, 7) is 1.71. The van der Waals surface area contributed by atoms with Gasteiger partial charge in [0.15, 0.2) is 6.73 Å². The number of halogens is 2. The smallest absolute Gasteiger partial charge is 0.335 e.